The second kappa shape index (κ2) is 5.73. The molecular formula is C14H19NO2. The van der Waals surface area contributed by atoms with Crippen LogP contribution in [-0.4, -0.2) is 6.54 Å². The molecule has 0 aliphatic rings. The Hall–Kier alpha value is -1.48. The Morgan fingerprint density at radius 1 is 1.29 bits per heavy atom. The predicted octanol–water partition coefficient (Wildman–Crippen LogP) is 3.46. The van der Waals surface area contributed by atoms with Gasteiger partial charge in [0.25, 0.3) is 0 Å². The van der Waals surface area contributed by atoms with Gasteiger partial charge in [0.1, 0.15) is 5.76 Å². The zero-order valence-electron chi connectivity index (χ0n) is 10.4. The largest absolute Gasteiger partial charge is 0.472 e. The van der Waals surface area contributed by atoms with E-state index < -0.39 is 0 Å². The minimum Gasteiger partial charge on any atom is -0.472 e. The Labute approximate surface area is 102 Å². The lowest BCUT2D eigenvalue weighted by atomic mass is 10.0. The highest BCUT2D eigenvalue weighted by Gasteiger charge is 2.17. The third-order valence-electron chi connectivity index (χ3n) is 2.88. The third kappa shape index (κ3) is 3.01. The number of hydrogen-bond acceptors (Lipinski definition) is 3. The highest BCUT2D eigenvalue weighted by atomic mass is 16.3. The quantitative estimate of drug-likeness (QED) is 0.830. The van der Waals surface area contributed by atoms with Crippen LogP contribution in [0, 0.1) is 6.92 Å². The molecule has 1 N–H and O–H groups in total. The van der Waals surface area contributed by atoms with Crippen molar-refractivity contribution in [1.29, 1.82) is 0 Å². The number of hydrogen-bond donors (Lipinski definition) is 1. The average Bonchev–Trinajstić information content (AvgIpc) is 2.95. The van der Waals surface area contributed by atoms with Gasteiger partial charge in [0.05, 0.1) is 24.8 Å². The fourth-order valence-electron chi connectivity index (χ4n) is 1.96. The topological polar surface area (TPSA) is 38.3 Å². The lowest BCUT2D eigenvalue weighted by Crippen LogP contribution is -2.24. The summed E-state index contributed by atoms with van der Waals surface area (Å²) in [6, 6.07) is 4.23. The smallest absolute Gasteiger partial charge is 0.123 e. The van der Waals surface area contributed by atoms with E-state index in [0.717, 1.165) is 25.1 Å². The summed E-state index contributed by atoms with van der Waals surface area (Å²) < 4.78 is 10.7. The normalized spacial score (nSPS) is 12.8. The molecule has 92 valence electrons. The van der Waals surface area contributed by atoms with Crippen molar-refractivity contribution in [2.24, 2.45) is 0 Å². The van der Waals surface area contributed by atoms with Gasteiger partial charge >= 0.3 is 0 Å². The Kier molecular flexibility index (Phi) is 4.04. The summed E-state index contributed by atoms with van der Waals surface area (Å²) in [5.41, 5.74) is 2.39. The van der Waals surface area contributed by atoms with Gasteiger partial charge in [-0.15, -0.1) is 0 Å². The summed E-state index contributed by atoms with van der Waals surface area (Å²) in [5.74, 6) is 1.03. The summed E-state index contributed by atoms with van der Waals surface area (Å²) in [5, 5.41) is 3.52. The molecule has 0 aliphatic carbocycles. The Morgan fingerprint density at radius 3 is 2.76 bits per heavy atom. The van der Waals surface area contributed by atoms with Gasteiger partial charge in [-0.3, -0.25) is 0 Å². The minimum atomic E-state index is 0.225. The van der Waals surface area contributed by atoms with E-state index >= 15 is 0 Å². The van der Waals surface area contributed by atoms with E-state index in [1.54, 1.807) is 18.8 Å². The first-order chi connectivity index (χ1) is 8.31. The zero-order chi connectivity index (χ0) is 12.1. The molecule has 0 fully saturated rings. The van der Waals surface area contributed by atoms with Gasteiger partial charge < -0.3 is 14.2 Å². The van der Waals surface area contributed by atoms with E-state index in [1.807, 2.05) is 12.1 Å². The molecule has 0 bridgehead atoms. The van der Waals surface area contributed by atoms with Gasteiger partial charge in [-0.25, -0.2) is 0 Å². The van der Waals surface area contributed by atoms with Crippen molar-refractivity contribution in [2.45, 2.75) is 32.7 Å². The molecule has 3 heteroatoms. The van der Waals surface area contributed by atoms with Crippen LogP contribution in [0.3, 0.4) is 0 Å². The number of nitrogens with one attached hydrogen (secondary N) is 1. The molecule has 0 aromatic carbocycles. The summed E-state index contributed by atoms with van der Waals surface area (Å²) in [7, 11) is 0. The molecule has 2 aromatic heterocycles. The van der Waals surface area contributed by atoms with Crippen LogP contribution in [0.2, 0.25) is 0 Å². The molecule has 2 aromatic rings. The van der Waals surface area contributed by atoms with E-state index in [2.05, 4.69) is 19.2 Å². The third-order valence-corrected chi connectivity index (χ3v) is 2.88. The van der Waals surface area contributed by atoms with E-state index in [1.165, 1.54) is 11.1 Å². The van der Waals surface area contributed by atoms with Crippen molar-refractivity contribution in [2.75, 3.05) is 6.54 Å². The van der Waals surface area contributed by atoms with Crippen LogP contribution in [0.1, 0.15) is 36.3 Å². The maximum atomic E-state index is 5.58. The van der Waals surface area contributed by atoms with Crippen LogP contribution < -0.4 is 5.32 Å². The van der Waals surface area contributed by atoms with Crippen molar-refractivity contribution in [3.05, 3.63) is 47.8 Å². The first kappa shape index (κ1) is 12.0. The molecular weight excluding hydrogens is 214 g/mol. The molecule has 0 amide bonds. The molecule has 0 saturated heterocycles. The van der Waals surface area contributed by atoms with E-state index in [4.69, 9.17) is 8.83 Å². The molecule has 3 nitrogen and oxygen atoms in total. The van der Waals surface area contributed by atoms with Crippen LogP contribution >= 0.6 is 0 Å². The van der Waals surface area contributed by atoms with E-state index in [-0.39, 0.29) is 6.04 Å². The van der Waals surface area contributed by atoms with Gasteiger partial charge in [0.2, 0.25) is 0 Å². The second-order valence-corrected chi connectivity index (χ2v) is 4.31. The Morgan fingerprint density at radius 2 is 2.18 bits per heavy atom. The highest BCUT2D eigenvalue weighted by Crippen LogP contribution is 2.22. The van der Waals surface area contributed by atoms with Crippen molar-refractivity contribution >= 4 is 0 Å². The summed E-state index contributed by atoms with van der Waals surface area (Å²) in [6.07, 6.45) is 7.26. The van der Waals surface area contributed by atoms with Crippen molar-refractivity contribution < 1.29 is 8.83 Å². The standard InChI is InChI=1S/C14H19NO2/c1-3-6-15-13(9-12-5-7-16-10-12)14-11(2)4-8-17-14/h4-5,7-8,10,13,15H,3,6,9H2,1-2H3. The zero-order valence-corrected chi connectivity index (χ0v) is 10.4. The highest BCUT2D eigenvalue weighted by molar-refractivity contribution is 5.21. The van der Waals surface area contributed by atoms with Gasteiger partial charge in [-0.1, -0.05) is 6.92 Å². The van der Waals surface area contributed by atoms with Crippen LogP contribution in [0.4, 0.5) is 0 Å². The SMILES string of the molecule is CCCNC(Cc1ccoc1)c1occc1C. The van der Waals surface area contributed by atoms with Gasteiger partial charge in [0, 0.05) is 0 Å². The van der Waals surface area contributed by atoms with Crippen LogP contribution in [0.5, 0.6) is 0 Å². The maximum absolute atomic E-state index is 5.58. The molecule has 1 unspecified atom stereocenters. The average molecular weight is 233 g/mol. The molecule has 2 heterocycles. The van der Waals surface area contributed by atoms with Crippen molar-refractivity contribution in [3.63, 3.8) is 0 Å². The van der Waals surface area contributed by atoms with E-state index in [9.17, 15) is 0 Å². The summed E-state index contributed by atoms with van der Waals surface area (Å²) in [4.78, 5) is 0. The summed E-state index contributed by atoms with van der Waals surface area (Å²) >= 11 is 0. The summed E-state index contributed by atoms with van der Waals surface area (Å²) in [6.45, 7) is 5.23. The maximum Gasteiger partial charge on any atom is 0.123 e. The van der Waals surface area contributed by atoms with Crippen LogP contribution in [-0.2, 0) is 6.42 Å². The Balaban J connectivity index is 2.11. The molecule has 17 heavy (non-hydrogen) atoms. The van der Waals surface area contributed by atoms with Crippen LogP contribution in [0.15, 0.2) is 39.8 Å². The molecule has 0 saturated carbocycles. The van der Waals surface area contributed by atoms with Crippen LogP contribution in [0.25, 0.3) is 0 Å². The second-order valence-electron chi connectivity index (χ2n) is 4.31. The fourth-order valence-corrected chi connectivity index (χ4v) is 1.96. The molecule has 2 rings (SSSR count). The van der Waals surface area contributed by atoms with Gasteiger partial charge in [-0.2, -0.15) is 0 Å². The predicted molar refractivity (Wildman–Crippen MR) is 66.9 cm³/mol. The molecule has 0 spiro atoms. The monoisotopic (exact) mass is 233 g/mol. The molecule has 1 atom stereocenters. The fraction of sp³-hybridized carbons (Fsp3) is 0.429. The minimum absolute atomic E-state index is 0.225. The molecule has 0 aliphatic heterocycles. The van der Waals surface area contributed by atoms with Crippen molar-refractivity contribution in [3.8, 4) is 0 Å². The van der Waals surface area contributed by atoms with Gasteiger partial charge in [-0.05, 0) is 49.6 Å². The number of rotatable bonds is 6. The first-order valence-electron chi connectivity index (χ1n) is 6.09. The number of furan rings is 2. The lowest BCUT2D eigenvalue weighted by Gasteiger charge is -2.16. The lowest BCUT2D eigenvalue weighted by molar-refractivity contribution is 0.407. The Bertz CT molecular complexity index is 431. The first-order valence-corrected chi connectivity index (χ1v) is 6.09. The van der Waals surface area contributed by atoms with Gasteiger partial charge in [0.15, 0.2) is 0 Å². The number of aryl methyl sites for hydroxylation is 1. The molecule has 0 radical (unpaired) electrons. The van der Waals surface area contributed by atoms with E-state index in [0.29, 0.717) is 0 Å². The van der Waals surface area contributed by atoms with Crippen molar-refractivity contribution in [1.82, 2.24) is 5.32 Å².